The van der Waals surface area contributed by atoms with Crippen molar-refractivity contribution in [3.8, 4) is 23.3 Å². The molecule has 0 unspecified atom stereocenters. The Labute approximate surface area is 273 Å². The van der Waals surface area contributed by atoms with Gasteiger partial charge in [-0.05, 0) is 35.8 Å². The number of halogens is 4. The Hall–Kier alpha value is -4.47. The zero-order chi connectivity index (χ0) is 33.0. The van der Waals surface area contributed by atoms with Gasteiger partial charge in [-0.25, -0.2) is 13.2 Å². The third-order valence-electron chi connectivity index (χ3n) is 11.1. The average Bonchev–Trinajstić information content (AvgIpc) is 3.75. The summed E-state index contributed by atoms with van der Waals surface area (Å²) in [5.74, 6) is -1.88. The highest BCUT2D eigenvalue weighted by molar-refractivity contribution is 6.36. The van der Waals surface area contributed by atoms with Gasteiger partial charge in [-0.1, -0.05) is 49.4 Å². The van der Waals surface area contributed by atoms with Gasteiger partial charge in [-0.15, -0.1) is 0 Å². The van der Waals surface area contributed by atoms with Crippen molar-refractivity contribution in [2.24, 2.45) is 17.3 Å². The molecule has 0 spiro atoms. The maximum Gasteiger partial charge on any atom is 0.319 e. The van der Waals surface area contributed by atoms with Crippen LogP contribution in [0.2, 0.25) is 5.02 Å². The number of ether oxygens (including phenoxy) is 1. The third kappa shape index (κ3) is 4.05. The number of rotatable bonds is 7. The van der Waals surface area contributed by atoms with Crippen LogP contribution >= 0.6 is 11.6 Å². The van der Waals surface area contributed by atoms with Crippen molar-refractivity contribution < 1.29 is 22.7 Å². The normalized spacial score (nSPS) is 27.6. The number of fused-ring (bicyclic) bond motifs is 3. The largest absolute Gasteiger partial charge is 0.461 e. The van der Waals surface area contributed by atoms with E-state index in [0.29, 0.717) is 40.6 Å². The molecule has 13 heteroatoms. The molecule has 2 bridgehead atoms. The highest BCUT2D eigenvalue weighted by atomic mass is 35.5. The lowest BCUT2D eigenvalue weighted by Gasteiger charge is -2.41. The Bertz CT molecular complexity index is 2090. The molecule has 4 aromatic rings. The van der Waals surface area contributed by atoms with E-state index in [1.54, 1.807) is 29.2 Å². The van der Waals surface area contributed by atoms with Crippen LogP contribution in [0.3, 0.4) is 0 Å². The first-order valence-electron chi connectivity index (χ1n) is 15.4. The Kier molecular flexibility index (Phi) is 6.53. The van der Waals surface area contributed by atoms with Gasteiger partial charge >= 0.3 is 6.01 Å². The maximum atomic E-state index is 16.7. The number of carbonyl (C=O) groups excluding carboxylic acids is 1. The number of aromatic nitrogens is 3. The molecule has 9 rings (SSSR count). The van der Waals surface area contributed by atoms with Gasteiger partial charge in [0.2, 0.25) is 0 Å². The third-order valence-corrected chi connectivity index (χ3v) is 11.5. The minimum atomic E-state index is -1.11. The van der Waals surface area contributed by atoms with Crippen molar-refractivity contribution in [1.82, 2.24) is 24.8 Å². The summed E-state index contributed by atoms with van der Waals surface area (Å²) in [4.78, 5) is 31.7. The average molecular weight is 660 g/mol. The monoisotopic (exact) mass is 659 g/mol. The van der Waals surface area contributed by atoms with Gasteiger partial charge in [-0.2, -0.15) is 15.2 Å². The maximum absolute atomic E-state index is 16.7. The molecule has 0 N–H and O–H groups in total. The molecule has 0 radical (unpaired) electrons. The molecule has 240 valence electrons. The minimum Gasteiger partial charge on any atom is -0.461 e. The Morgan fingerprint density at radius 3 is 2.70 bits per heavy atom. The van der Waals surface area contributed by atoms with Gasteiger partial charge in [0.25, 0.3) is 5.91 Å². The van der Waals surface area contributed by atoms with Crippen molar-refractivity contribution in [3.05, 3.63) is 65.6 Å². The molecule has 5 fully saturated rings. The summed E-state index contributed by atoms with van der Waals surface area (Å²) < 4.78 is 51.4. The number of piperidine rings is 1. The molecule has 2 aliphatic carbocycles. The van der Waals surface area contributed by atoms with Gasteiger partial charge < -0.3 is 14.5 Å². The number of carbonyl (C=O) groups is 1. The molecular weight excluding hydrogens is 631 g/mol. The fraction of sp³-hybridized carbons (Fsp3) is 0.382. The summed E-state index contributed by atoms with van der Waals surface area (Å²) in [5.41, 5.74) is 0.249. The van der Waals surface area contributed by atoms with E-state index in [2.05, 4.69) is 41.5 Å². The number of hydrogen-bond acceptors (Lipinski definition) is 8. The van der Waals surface area contributed by atoms with Crippen molar-refractivity contribution in [2.75, 3.05) is 44.7 Å². The second kappa shape index (κ2) is 10.3. The molecule has 2 aromatic heterocycles. The van der Waals surface area contributed by atoms with Gasteiger partial charge in [-0.3, -0.25) is 14.7 Å². The number of pyridine rings is 1. The highest BCUT2D eigenvalue weighted by Crippen LogP contribution is 2.91. The molecule has 47 heavy (non-hydrogen) atoms. The zero-order valence-corrected chi connectivity index (χ0v) is 26.4. The number of likely N-dealkylation sites (N-methyl/N-ethyl adjacent to an activating group) is 1. The second-order valence-corrected chi connectivity index (χ2v) is 13.5. The summed E-state index contributed by atoms with van der Waals surface area (Å²) in [6, 6.07) is 9.28. The lowest BCUT2D eigenvalue weighted by Crippen LogP contribution is -2.55. The van der Waals surface area contributed by atoms with Crippen LogP contribution in [0.1, 0.15) is 13.3 Å². The summed E-state index contributed by atoms with van der Waals surface area (Å²) in [6.45, 7) is 7.14. The molecule has 5 atom stereocenters. The van der Waals surface area contributed by atoms with Crippen LogP contribution in [-0.2, 0) is 4.79 Å². The summed E-state index contributed by atoms with van der Waals surface area (Å²) in [5, 5.41) is 10.6. The van der Waals surface area contributed by atoms with Crippen LogP contribution in [0.25, 0.3) is 32.9 Å². The zero-order valence-electron chi connectivity index (χ0n) is 25.6. The van der Waals surface area contributed by atoms with Crippen LogP contribution in [-0.4, -0.2) is 82.1 Å². The van der Waals surface area contributed by atoms with Gasteiger partial charge in [0.1, 0.15) is 29.5 Å². The van der Waals surface area contributed by atoms with E-state index in [-0.39, 0.29) is 64.6 Å². The summed E-state index contributed by atoms with van der Waals surface area (Å²) in [6.07, 6.45) is 1.39. The Morgan fingerprint density at radius 1 is 1.21 bits per heavy atom. The fourth-order valence-electron chi connectivity index (χ4n) is 8.60. The molecule has 1 amide bonds. The number of anilines is 1. The highest BCUT2D eigenvalue weighted by Gasteiger charge is 2.98. The quantitative estimate of drug-likeness (QED) is 0.239. The van der Waals surface area contributed by atoms with E-state index < -0.39 is 29.4 Å². The smallest absolute Gasteiger partial charge is 0.319 e. The van der Waals surface area contributed by atoms with Crippen molar-refractivity contribution >= 4 is 45.0 Å². The molecule has 5 aliphatic rings. The first-order chi connectivity index (χ1) is 22.5. The van der Waals surface area contributed by atoms with E-state index in [0.717, 1.165) is 6.54 Å². The van der Waals surface area contributed by atoms with E-state index in [1.165, 1.54) is 17.2 Å². The molecule has 3 saturated heterocycles. The first-order valence-corrected chi connectivity index (χ1v) is 15.7. The van der Waals surface area contributed by atoms with Crippen LogP contribution in [0.4, 0.5) is 19.0 Å². The summed E-state index contributed by atoms with van der Waals surface area (Å²) >= 11 is 6.38. The molecule has 2 saturated carbocycles. The van der Waals surface area contributed by atoms with Crippen molar-refractivity contribution in [3.63, 3.8) is 0 Å². The van der Waals surface area contributed by atoms with Crippen molar-refractivity contribution in [1.29, 1.82) is 5.26 Å². The molecule has 5 heterocycles. The van der Waals surface area contributed by atoms with E-state index in [9.17, 15) is 18.8 Å². The number of nitrogens with zero attached hydrogens (tertiary/aromatic N) is 7. The predicted octanol–water partition coefficient (Wildman–Crippen LogP) is 5.52. The van der Waals surface area contributed by atoms with E-state index in [4.69, 9.17) is 21.3 Å². The Morgan fingerprint density at radius 2 is 2.00 bits per heavy atom. The van der Waals surface area contributed by atoms with Crippen LogP contribution in [0.5, 0.6) is 6.01 Å². The SMILES string of the molecule is C=C(F)C(=O)N1CCN(c2nc(OC[C@@]34[C@@H]5[C@H](CN3C)[C@@]54C)nc3c(F)c(-c4cccc5ccc(F)c(Cl)c45)ncc23)C[C@@H]1CC#N. The summed E-state index contributed by atoms with van der Waals surface area (Å²) in [7, 11) is 2.08. The molecule has 9 nitrogen and oxygen atoms in total. The van der Waals surface area contributed by atoms with E-state index in [1.807, 2.05) is 0 Å². The fourth-order valence-corrected chi connectivity index (χ4v) is 8.87. The number of nitriles is 1. The lowest BCUT2D eigenvalue weighted by molar-refractivity contribution is -0.131. The van der Waals surface area contributed by atoms with Crippen LogP contribution in [0, 0.1) is 40.2 Å². The number of piperazine rings is 1. The Balaban J connectivity index is 1.23. The van der Waals surface area contributed by atoms with E-state index >= 15 is 4.39 Å². The second-order valence-electron chi connectivity index (χ2n) is 13.1. The van der Waals surface area contributed by atoms with Gasteiger partial charge in [0.15, 0.2) is 11.6 Å². The van der Waals surface area contributed by atoms with Gasteiger partial charge in [0, 0.05) is 43.3 Å². The molecule has 2 aromatic carbocycles. The van der Waals surface area contributed by atoms with Crippen LogP contribution < -0.4 is 9.64 Å². The standard InChI is InChI=1S/C34H29ClF3N7O2/c1-17(36)31(46)45-12-11-44(14-19(45)9-10-39)30-21-13-40-27(20-6-4-5-18-7-8-23(37)25(35)24(18)20)26(38)28(21)41-32(42-30)47-16-34-29-22(15-43(34)3)33(29,34)2/h4-8,13,19,22,29H,1,9,11-12,14-16H2,2-3H3/t19-,22-,29+,33-,34-/m0/s1. The first kappa shape index (κ1) is 29.9. The van der Waals surface area contributed by atoms with Gasteiger partial charge in [0.05, 0.1) is 34.5 Å². The molecular formula is C34H29ClF3N7O2. The number of hydrogen-bond donors (Lipinski definition) is 0. The lowest BCUT2D eigenvalue weighted by atomic mass is 9.97. The number of benzene rings is 2. The minimum absolute atomic E-state index is 0.0286. The van der Waals surface area contributed by atoms with Crippen LogP contribution in [0.15, 0.2) is 48.9 Å². The topological polar surface area (TPSA) is 98.5 Å². The van der Waals surface area contributed by atoms with Crippen molar-refractivity contribution in [2.45, 2.75) is 24.9 Å². The molecule has 3 aliphatic heterocycles. The number of amides is 1. The predicted molar refractivity (Wildman–Crippen MR) is 169 cm³/mol.